The van der Waals surface area contributed by atoms with Gasteiger partial charge in [0.25, 0.3) is 0 Å². The molecule has 0 spiro atoms. The Morgan fingerprint density at radius 3 is 2.30 bits per heavy atom. The van der Waals surface area contributed by atoms with Crippen LogP contribution in [-0.4, -0.2) is 5.78 Å². The Balaban J connectivity index is 2.07. The molecule has 0 unspecified atom stereocenters. The third-order valence-corrected chi connectivity index (χ3v) is 3.32. The number of ketones is 1. The Kier molecular flexibility index (Phi) is 4.60. The van der Waals surface area contributed by atoms with Gasteiger partial charge in [-0.05, 0) is 36.2 Å². The van der Waals surface area contributed by atoms with E-state index in [1.807, 2.05) is 0 Å². The van der Waals surface area contributed by atoms with E-state index in [1.165, 1.54) is 0 Å². The lowest BCUT2D eigenvalue weighted by molar-refractivity contribution is 0.0982. The second-order valence-corrected chi connectivity index (χ2v) is 5.22. The van der Waals surface area contributed by atoms with E-state index >= 15 is 0 Å². The second-order valence-electron chi connectivity index (χ2n) is 4.31. The minimum absolute atomic E-state index is 0.0982. The standard InChI is InChI=1S/C15H10BrF3O/c16-11-3-1-2-10(8-11)14(20)5-4-9-6-12(17)15(19)13(18)7-9/h1-3,6-8H,4-5H2. The Morgan fingerprint density at radius 2 is 1.70 bits per heavy atom. The van der Waals surface area contributed by atoms with Gasteiger partial charge >= 0.3 is 0 Å². The van der Waals surface area contributed by atoms with Crippen LogP contribution in [0.1, 0.15) is 22.3 Å². The number of hydrogen-bond acceptors (Lipinski definition) is 1. The summed E-state index contributed by atoms with van der Waals surface area (Å²) in [5.74, 6) is -4.12. The molecule has 0 heterocycles. The van der Waals surface area contributed by atoms with Crippen molar-refractivity contribution in [1.82, 2.24) is 0 Å². The van der Waals surface area contributed by atoms with Gasteiger partial charge in [-0.3, -0.25) is 4.79 Å². The van der Waals surface area contributed by atoms with Crippen LogP contribution in [0.4, 0.5) is 13.2 Å². The first-order valence-electron chi connectivity index (χ1n) is 5.89. The normalized spacial score (nSPS) is 10.6. The predicted molar refractivity (Wildman–Crippen MR) is 73.1 cm³/mol. The van der Waals surface area contributed by atoms with Gasteiger partial charge in [-0.2, -0.15) is 0 Å². The molecule has 2 rings (SSSR count). The van der Waals surface area contributed by atoms with E-state index in [0.29, 0.717) is 5.56 Å². The molecule has 0 aliphatic carbocycles. The largest absolute Gasteiger partial charge is 0.294 e. The van der Waals surface area contributed by atoms with Crippen molar-refractivity contribution in [2.45, 2.75) is 12.8 Å². The number of carbonyl (C=O) groups excluding carboxylic acids is 1. The highest BCUT2D eigenvalue weighted by atomic mass is 79.9. The van der Waals surface area contributed by atoms with Crippen molar-refractivity contribution in [2.24, 2.45) is 0 Å². The topological polar surface area (TPSA) is 17.1 Å². The molecule has 1 nitrogen and oxygen atoms in total. The minimum atomic E-state index is -1.49. The average Bonchev–Trinajstić information content (AvgIpc) is 2.42. The van der Waals surface area contributed by atoms with E-state index in [0.717, 1.165) is 16.6 Å². The van der Waals surface area contributed by atoms with Crippen LogP contribution in [0.25, 0.3) is 0 Å². The van der Waals surface area contributed by atoms with E-state index in [9.17, 15) is 18.0 Å². The average molecular weight is 343 g/mol. The molecule has 0 N–H and O–H groups in total. The summed E-state index contributed by atoms with van der Waals surface area (Å²) in [6.45, 7) is 0. The van der Waals surface area contributed by atoms with E-state index in [2.05, 4.69) is 15.9 Å². The van der Waals surface area contributed by atoms with Crippen molar-refractivity contribution in [3.63, 3.8) is 0 Å². The van der Waals surface area contributed by atoms with Gasteiger partial charge in [0, 0.05) is 16.5 Å². The van der Waals surface area contributed by atoms with Gasteiger partial charge in [0.2, 0.25) is 0 Å². The van der Waals surface area contributed by atoms with E-state index in [4.69, 9.17) is 0 Å². The van der Waals surface area contributed by atoms with Gasteiger partial charge in [0.15, 0.2) is 23.2 Å². The first kappa shape index (κ1) is 14.8. The third-order valence-electron chi connectivity index (χ3n) is 2.83. The number of rotatable bonds is 4. The summed E-state index contributed by atoms with van der Waals surface area (Å²) in [6.07, 6.45) is 0.250. The van der Waals surface area contributed by atoms with Gasteiger partial charge in [-0.15, -0.1) is 0 Å². The Labute approximate surface area is 122 Å². The highest BCUT2D eigenvalue weighted by molar-refractivity contribution is 9.10. The summed E-state index contributed by atoms with van der Waals surface area (Å²) in [7, 11) is 0. The van der Waals surface area contributed by atoms with Gasteiger partial charge in [0.1, 0.15) is 0 Å². The molecule has 5 heteroatoms. The lowest BCUT2D eigenvalue weighted by atomic mass is 10.0. The first-order valence-corrected chi connectivity index (χ1v) is 6.69. The lowest BCUT2D eigenvalue weighted by Crippen LogP contribution is -2.02. The lowest BCUT2D eigenvalue weighted by Gasteiger charge is -2.04. The van der Waals surface area contributed by atoms with Gasteiger partial charge in [0.05, 0.1) is 0 Å². The van der Waals surface area contributed by atoms with Crippen molar-refractivity contribution in [3.05, 3.63) is 69.4 Å². The van der Waals surface area contributed by atoms with Crippen LogP contribution in [0.3, 0.4) is 0 Å². The van der Waals surface area contributed by atoms with Crippen LogP contribution in [0.15, 0.2) is 40.9 Å². The third kappa shape index (κ3) is 3.48. The SMILES string of the molecule is O=C(CCc1cc(F)c(F)c(F)c1)c1cccc(Br)c1. The molecule has 0 aromatic heterocycles. The monoisotopic (exact) mass is 342 g/mol. The predicted octanol–water partition coefficient (Wildman–Crippen LogP) is 4.68. The number of carbonyl (C=O) groups is 1. The molecule has 20 heavy (non-hydrogen) atoms. The maximum Gasteiger partial charge on any atom is 0.194 e. The molecule has 0 amide bonds. The Hall–Kier alpha value is -1.62. The molecule has 0 saturated carbocycles. The van der Waals surface area contributed by atoms with E-state index in [-0.39, 0.29) is 24.2 Å². The van der Waals surface area contributed by atoms with Gasteiger partial charge in [-0.25, -0.2) is 13.2 Å². The van der Waals surface area contributed by atoms with Crippen molar-refractivity contribution >= 4 is 21.7 Å². The minimum Gasteiger partial charge on any atom is -0.294 e. The van der Waals surface area contributed by atoms with Crippen molar-refractivity contribution in [2.75, 3.05) is 0 Å². The molecule has 2 aromatic carbocycles. The molecule has 0 fully saturated rings. The summed E-state index contributed by atoms with van der Waals surface area (Å²) in [6, 6.07) is 8.68. The molecule has 2 aromatic rings. The fourth-order valence-corrected chi connectivity index (χ4v) is 2.22. The molecule has 0 aliphatic heterocycles. The molecule has 0 saturated heterocycles. The summed E-state index contributed by atoms with van der Waals surface area (Å²) >= 11 is 3.26. The molecule has 0 aliphatic rings. The van der Waals surface area contributed by atoms with E-state index in [1.54, 1.807) is 24.3 Å². The summed E-state index contributed by atoms with van der Waals surface area (Å²) in [4.78, 5) is 11.9. The molecule has 0 bridgehead atoms. The van der Waals surface area contributed by atoms with E-state index < -0.39 is 17.5 Å². The Morgan fingerprint density at radius 1 is 1.05 bits per heavy atom. The van der Waals surface area contributed by atoms with Crippen LogP contribution in [-0.2, 0) is 6.42 Å². The quantitative estimate of drug-likeness (QED) is 0.582. The Bertz CT molecular complexity index is 632. The second kappa shape index (κ2) is 6.22. The maximum atomic E-state index is 13.0. The summed E-state index contributed by atoms with van der Waals surface area (Å²) in [5.41, 5.74) is 0.771. The first-order chi connectivity index (χ1) is 9.47. The maximum absolute atomic E-state index is 13.0. The van der Waals surface area contributed by atoms with Crippen LogP contribution < -0.4 is 0 Å². The molecule has 0 atom stereocenters. The smallest absolute Gasteiger partial charge is 0.194 e. The fraction of sp³-hybridized carbons (Fsp3) is 0.133. The zero-order chi connectivity index (χ0) is 14.7. The molecule has 0 radical (unpaired) electrons. The van der Waals surface area contributed by atoms with Crippen LogP contribution >= 0.6 is 15.9 Å². The highest BCUT2D eigenvalue weighted by Gasteiger charge is 2.12. The molecular formula is C15H10BrF3O. The zero-order valence-corrected chi connectivity index (χ0v) is 11.9. The summed E-state index contributed by atoms with van der Waals surface area (Å²) in [5, 5.41) is 0. The number of aryl methyl sites for hydroxylation is 1. The zero-order valence-electron chi connectivity index (χ0n) is 10.3. The van der Waals surface area contributed by atoms with Gasteiger partial charge < -0.3 is 0 Å². The van der Waals surface area contributed by atoms with Crippen LogP contribution in [0.5, 0.6) is 0 Å². The summed E-state index contributed by atoms with van der Waals surface area (Å²) < 4.78 is 39.6. The van der Waals surface area contributed by atoms with Crippen LogP contribution in [0.2, 0.25) is 0 Å². The van der Waals surface area contributed by atoms with Crippen molar-refractivity contribution < 1.29 is 18.0 Å². The highest BCUT2D eigenvalue weighted by Crippen LogP contribution is 2.17. The van der Waals surface area contributed by atoms with Crippen LogP contribution in [0, 0.1) is 17.5 Å². The number of hydrogen-bond donors (Lipinski definition) is 0. The van der Waals surface area contributed by atoms with Crippen molar-refractivity contribution in [1.29, 1.82) is 0 Å². The number of benzene rings is 2. The molecule has 104 valence electrons. The fourth-order valence-electron chi connectivity index (χ4n) is 1.82. The number of Topliss-reactive ketones (excluding diaryl/α,β-unsaturated/α-hetero) is 1. The van der Waals surface area contributed by atoms with Gasteiger partial charge in [-0.1, -0.05) is 28.1 Å². The number of halogens is 4. The van der Waals surface area contributed by atoms with Crippen molar-refractivity contribution in [3.8, 4) is 0 Å². The molecular weight excluding hydrogens is 333 g/mol.